The van der Waals surface area contributed by atoms with Crippen molar-refractivity contribution in [2.75, 3.05) is 5.73 Å². The van der Waals surface area contributed by atoms with Crippen LogP contribution in [0.4, 0.5) is 5.69 Å². The van der Waals surface area contributed by atoms with Gasteiger partial charge < -0.3 is 5.73 Å². The average Bonchev–Trinajstić information content (AvgIpc) is 2.20. The van der Waals surface area contributed by atoms with Crippen molar-refractivity contribution in [3.05, 3.63) is 42.0 Å². The first-order valence-electron chi connectivity index (χ1n) is 4.83. The van der Waals surface area contributed by atoms with E-state index in [0.717, 1.165) is 28.3 Å². The van der Waals surface area contributed by atoms with E-state index in [-0.39, 0.29) is 0 Å². The molecule has 0 radical (unpaired) electrons. The topological polar surface area (TPSA) is 51.8 Å². The summed E-state index contributed by atoms with van der Waals surface area (Å²) >= 11 is 0. The highest BCUT2D eigenvalue weighted by molar-refractivity contribution is 5.66. The molecule has 0 bridgehead atoms. The second kappa shape index (κ2) is 3.69. The number of aryl methyl sites for hydroxylation is 2. The maximum absolute atomic E-state index is 5.64. The summed E-state index contributed by atoms with van der Waals surface area (Å²) in [4.78, 5) is 8.53. The standard InChI is InChI=1S/C12H13N3/c1-8-12(7-14-9(2)15-8)10-3-5-11(13)6-4-10/h3-7H,13H2,1-2H3. The Labute approximate surface area is 89.0 Å². The molecule has 76 valence electrons. The molecule has 0 aliphatic heterocycles. The largest absolute Gasteiger partial charge is 0.399 e. The van der Waals surface area contributed by atoms with Crippen LogP contribution >= 0.6 is 0 Å². The van der Waals surface area contributed by atoms with Crippen LogP contribution in [0.2, 0.25) is 0 Å². The molecule has 15 heavy (non-hydrogen) atoms. The third-order valence-electron chi connectivity index (χ3n) is 2.32. The highest BCUT2D eigenvalue weighted by Gasteiger charge is 2.03. The summed E-state index contributed by atoms with van der Waals surface area (Å²) in [7, 11) is 0. The van der Waals surface area contributed by atoms with Gasteiger partial charge >= 0.3 is 0 Å². The molecule has 0 spiro atoms. The van der Waals surface area contributed by atoms with E-state index < -0.39 is 0 Å². The minimum Gasteiger partial charge on any atom is -0.399 e. The minimum atomic E-state index is 0.768. The Hall–Kier alpha value is -1.90. The van der Waals surface area contributed by atoms with E-state index in [1.807, 2.05) is 44.3 Å². The van der Waals surface area contributed by atoms with Gasteiger partial charge in [-0.15, -0.1) is 0 Å². The zero-order chi connectivity index (χ0) is 10.8. The molecular formula is C12H13N3. The highest BCUT2D eigenvalue weighted by atomic mass is 14.9. The number of nitrogens with zero attached hydrogens (tertiary/aromatic N) is 2. The Morgan fingerprint density at radius 2 is 1.73 bits per heavy atom. The fraction of sp³-hybridized carbons (Fsp3) is 0.167. The highest BCUT2D eigenvalue weighted by Crippen LogP contribution is 2.22. The Bertz CT molecular complexity index is 475. The van der Waals surface area contributed by atoms with Crippen molar-refractivity contribution in [2.45, 2.75) is 13.8 Å². The molecule has 0 fully saturated rings. The van der Waals surface area contributed by atoms with E-state index in [1.54, 1.807) is 0 Å². The summed E-state index contributed by atoms with van der Waals surface area (Å²) in [5.74, 6) is 0.798. The van der Waals surface area contributed by atoms with Crippen molar-refractivity contribution in [3.8, 4) is 11.1 Å². The predicted molar refractivity (Wildman–Crippen MR) is 61.4 cm³/mol. The van der Waals surface area contributed by atoms with Crippen LogP contribution in [0.25, 0.3) is 11.1 Å². The zero-order valence-corrected chi connectivity index (χ0v) is 8.86. The van der Waals surface area contributed by atoms with Gasteiger partial charge in [0.05, 0.1) is 0 Å². The fourth-order valence-corrected chi connectivity index (χ4v) is 1.53. The molecule has 0 aliphatic rings. The molecule has 2 aromatic rings. The number of nitrogens with two attached hydrogens (primary N) is 1. The van der Waals surface area contributed by atoms with E-state index in [9.17, 15) is 0 Å². The van der Waals surface area contributed by atoms with Gasteiger partial charge in [0.25, 0.3) is 0 Å². The van der Waals surface area contributed by atoms with Crippen LogP contribution in [-0.2, 0) is 0 Å². The van der Waals surface area contributed by atoms with Crippen LogP contribution in [0.15, 0.2) is 30.5 Å². The van der Waals surface area contributed by atoms with Gasteiger partial charge in [-0.1, -0.05) is 12.1 Å². The van der Waals surface area contributed by atoms with Crippen molar-refractivity contribution in [1.29, 1.82) is 0 Å². The molecule has 2 rings (SSSR count). The molecule has 0 amide bonds. The summed E-state index contributed by atoms with van der Waals surface area (Å²) in [5, 5.41) is 0. The van der Waals surface area contributed by atoms with Crippen LogP contribution in [0, 0.1) is 13.8 Å². The summed E-state index contributed by atoms with van der Waals surface area (Å²) in [6.07, 6.45) is 1.85. The minimum absolute atomic E-state index is 0.768. The van der Waals surface area contributed by atoms with Crippen LogP contribution in [0.1, 0.15) is 11.5 Å². The number of aromatic nitrogens is 2. The molecule has 3 nitrogen and oxygen atoms in total. The fourth-order valence-electron chi connectivity index (χ4n) is 1.53. The zero-order valence-electron chi connectivity index (χ0n) is 8.86. The molecule has 0 saturated heterocycles. The van der Waals surface area contributed by atoms with E-state index in [0.29, 0.717) is 0 Å². The number of hydrogen-bond donors (Lipinski definition) is 1. The lowest BCUT2D eigenvalue weighted by Crippen LogP contribution is -1.94. The molecule has 0 atom stereocenters. The normalized spacial score (nSPS) is 10.3. The Kier molecular flexibility index (Phi) is 2.37. The quantitative estimate of drug-likeness (QED) is 0.717. The first-order valence-corrected chi connectivity index (χ1v) is 4.83. The van der Waals surface area contributed by atoms with Gasteiger partial charge in [0.2, 0.25) is 0 Å². The van der Waals surface area contributed by atoms with Gasteiger partial charge in [0.1, 0.15) is 5.82 Å². The third-order valence-corrected chi connectivity index (χ3v) is 2.32. The molecule has 1 aromatic heterocycles. The second-order valence-corrected chi connectivity index (χ2v) is 3.54. The van der Waals surface area contributed by atoms with Crippen molar-refractivity contribution in [3.63, 3.8) is 0 Å². The maximum Gasteiger partial charge on any atom is 0.125 e. The summed E-state index contributed by atoms with van der Waals surface area (Å²) in [6.45, 7) is 3.88. The number of rotatable bonds is 1. The Morgan fingerprint density at radius 3 is 2.33 bits per heavy atom. The maximum atomic E-state index is 5.64. The van der Waals surface area contributed by atoms with Gasteiger partial charge in [-0.2, -0.15) is 0 Å². The number of benzene rings is 1. The lowest BCUT2D eigenvalue weighted by Gasteiger charge is -2.05. The van der Waals surface area contributed by atoms with Crippen LogP contribution in [-0.4, -0.2) is 9.97 Å². The lowest BCUT2D eigenvalue weighted by molar-refractivity contribution is 1.01. The first kappa shape index (κ1) is 9.65. The van der Waals surface area contributed by atoms with E-state index in [1.165, 1.54) is 0 Å². The Balaban J connectivity index is 2.49. The lowest BCUT2D eigenvalue weighted by atomic mass is 10.1. The van der Waals surface area contributed by atoms with E-state index in [4.69, 9.17) is 5.73 Å². The molecule has 1 aromatic carbocycles. The van der Waals surface area contributed by atoms with Crippen molar-refractivity contribution >= 4 is 5.69 Å². The Morgan fingerprint density at radius 1 is 1.07 bits per heavy atom. The summed E-state index contributed by atoms with van der Waals surface area (Å²) in [6, 6.07) is 7.73. The molecule has 1 heterocycles. The number of nitrogen functional groups attached to an aromatic ring is 1. The van der Waals surface area contributed by atoms with E-state index >= 15 is 0 Å². The second-order valence-electron chi connectivity index (χ2n) is 3.54. The molecule has 0 saturated carbocycles. The summed E-state index contributed by atoms with van der Waals surface area (Å²) < 4.78 is 0. The number of hydrogen-bond acceptors (Lipinski definition) is 3. The van der Waals surface area contributed by atoms with Gasteiger partial charge in [-0.05, 0) is 31.5 Å². The van der Waals surface area contributed by atoms with Gasteiger partial charge in [-0.3, -0.25) is 0 Å². The molecule has 0 aliphatic carbocycles. The van der Waals surface area contributed by atoms with Crippen LogP contribution in [0.5, 0.6) is 0 Å². The van der Waals surface area contributed by atoms with Crippen LogP contribution in [0.3, 0.4) is 0 Å². The molecule has 3 heteroatoms. The van der Waals surface area contributed by atoms with E-state index in [2.05, 4.69) is 9.97 Å². The van der Waals surface area contributed by atoms with Gasteiger partial charge in [0.15, 0.2) is 0 Å². The SMILES string of the molecule is Cc1ncc(-c2ccc(N)cc2)c(C)n1. The van der Waals surface area contributed by atoms with Crippen molar-refractivity contribution < 1.29 is 0 Å². The molecule has 2 N–H and O–H groups in total. The van der Waals surface area contributed by atoms with Crippen molar-refractivity contribution in [1.82, 2.24) is 9.97 Å². The first-order chi connectivity index (χ1) is 7.16. The monoisotopic (exact) mass is 199 g/mol. The number of anilines is 1. The van der Waals surface area contributed by atoms with Gasteiger partial charge in [-0.25, -0.2) is 9.97 Å². The smallest absolute Gasteiger partial charge is 0.125 e. The van der Waals surface area contributed by atoms with Crippen LogP contribution < -0.4 is 5.73 Å². The molecule has 0 unspecified atom stereocenters. The summed E-state index contributed by atoms with van der Waals surface area (Å²) in [5.41, 5.74) is 9.55. The third kappa shape index (κ3) is 1.96. The van der Waals surface area contributed by atoms with Gasteiger partial charge in [0, 0.05) is 23.1 Å². The van der Waals surface area contributed by atoms with Crippen molar-refractivity contribution in [2.24, 2.45) is 0 Å². The average molecular weight is 199 g/mol. The molecular weight excluding hydrogens is 186 g/mol. The predicted octanol–water partition coefficient (Wildman–Crippen LogP) is 2.34.